The monoisotopic (exact) mass is 348 g/mol. The number of hydrogen-bond donors (Lipinski definition) is 1. The lowest BCUT2D eigenvalue weighted by atomic mass is 10.1. The van der Waals surface area contributed by atoms with E-state index in [1.807, 2.05) is 20.8 Å². The molecule has 1 fully saturated rings. The predicted octanol–water partition coefficient (Wildman–Crippen LogP) is 2.20. The maximum Gasteiger partial charge on any atom is 0.407 e. The molecular formula is C18H24N2O5. The maximum absolute atomic E-state index is 12.7. The Labute approximate surface area is 147 Å². The van der Waals surface area contributed by atoms with Gasteiger partial charge in [0.25, 0.3) is 5.91 Å². The van der Waals surface area contributed by atoms with Gasteiger partial charge >= 0.3 is 6.09 Å². The molecule has 136 valence electrons. The van der Waals surface area contributed by atoms with Gasteiger partial charge < -0.3 is 24.4 Å². The first kappa shape index (κ1) is 17.4. The summed E-state index contributed by atoms with van der Waals surface area (Å²) in [5, 5.41) is 2.82. The van der Waals surface area contributed by atoms with Gasteiger partial charge in [-0.3, -0.25) is 4.79 Å². The lowest BCUT2D eigenvalue weighted by Crippen LogP contribution is -2.41. The zero-order chi connectivity index (χ0) is 18.0. The molecule has 25 heavy (non-hydrogen) atoms. The zero-order valence-corrected chi connectivity index (χ0v) is 14.8. The average molecular weight is 348 g/mol. The molecule has 2 heterocycles. The Balaban J connectivity index is 1.58. The Morgan fingerprint density at radius 2 is 1.92 bits per heavy atom. The quantitative estimate of drug-likeness (QED) is 0.887. The van der Waals surface area contributed by atoms with Gasteiger partial charge in [-0.25, -0.2) is 4.79 Å². The lowest BCUT2D eigenvalue weighted by molar-refractivity contribution is 0.0502. The molecule has 0 spiro atoms. The molecule has 0 unspecified atom stereocenters. The predicted molar refractivity (Wildman–Crippen MR) is 91.1 cm³/mol. The molecule has 1 aromatic carbocycles. The summed E-state index contributed by atoms with van der Waals surface area (Å²) in [5.74, 6) is 1.18. The highest BCUT2D eigenvalue weighted by Gasteiger charge is 2.30. The van der Waals surface area contributed by atoms with Crippen LogP contribution >= 0.6 is 0 Å². The molecule has 0 aliphatic carbocycles. The Morgan fingerprint density at radius 1 is 1.20 bits per heavy atom. The number of ether oxygens (including phenoxy) is 3. The van der Waals surface area contributed by atoms with Gasteiger partial charge in [-0.05, 0) is 45.4 Å². The van der Waals surface area contributed by atoms with Crippen LogP contribution in [-0.4, -0.2) is 54.8 Å². The van der Waals surface area contributed by atoms with Gasteiger partial charge in [0.1, 0.15) is 18.8 Å². The van der Waals surface area contributed by atoms with Gasteiger partial charge in [-0.1, -0.05) is 0 Å². The van der Waals surface area contributed by atoms with E-state index in [2.05, 4.69) is 5.32 Å². The van der Waals surface area contributed by atoms with Crippen molar-refractivity contribution >= 4 is 12.0 Å². The minimum Gasteiger partial charge on any atom is -0.486 e. The molecule has 2 amide bonds. The summed E-state index contributed by atoms with van der Waals surface area (Å²) in [6, 6.07) is 5.11. The molecule has 7 heteroatoms. The van der Waals surface area contributed by atoms with E-state index < -0.39 is 11.7 Å². The molecule has 1 saturated heterocycles. The summed E-state index contributed by atoms with van der Waals surface area (Å²) in [6.07, 6.45) is 0.251. The van der Waals surface area contributed by atoms with E-state index >= 15 is 0 Å². The van der Waals surface area contributed by atoms with Crippen molar-refractivity contribution in [2.75, 3.05) is 26.3 Å². The van der Waals surface area contributed by atoms with E-state index in [1.54, 1.807) is 23.1 Å². The number of alkyl carbamates (subject to hydrolysis) is 1. The van der Waals surface area contributed by atoms with Crippen LogP contribution in [0.1, 0.15) is 37.6 Å². The summed E-state index contributed by atoms with van der Waals surface area (Å²) in [6.45, 7) is 7.51. The highest BCUT2D eigenvalue weighted by Crippen LogP contribution is 2.31. The second-order valence-electron chi connectivity index (χ2n) is 7.24. The number of nitrogens with zero attached hydrogens (tertiary/aromatic N) is 1. The fourth-order valence-electron chi connectivity index (χ4n) is 2.90. The van der Waals surface area contributed by atoms with Crippen molar-refractivity contribution in [3.05, 3.63) is 23.8 Å². The van der Waals surface area contributed by atoms with E-state index in [-0.39, 0.29) is 11.9 Å². The molecule has 0 bridgehead atoms. The molecule has 2 aliphatic heterocycles. The van der Waals surface area contributed by atoms with Gasteiger partial charge in [0.15, 0.2) is 11.5 Å². The molecular weight excluding hydrogens is 324 g/mol. The van der Waals surface area contributed by atoms with Gasteiger partial charge in [0.05, 0.1) is 6.04 Å². The Bertz CT molecular complexity index is 668. The molecule has 0 aromatic heterocycles. The van der Waals surface area contributed by atoms with Crippen molar-refractivity contribution in [3.63, 3.8) is 0 Å². The molecule has 0 radical (unpaired) electrons. The van der Waals surface area contributed by atoms with E-state index in [9.17, 15) is 9.59 Å². The van der Waals surface area contributed by atoms with Crippen molar-refractivity contribution in [2.45, 2.75) is 38.8 Å². The fraction of sp³-hybridized carbons (Fsp3) is 0.556. The van der Waals surface area contributed by atoms with E-state index in [1.165, 1.54) is 0 Å². The molecule has 1 atom stereocenters. The molecule has 3 rings (SSSR count). The van der Waals surface area contributed by atoms with Gasteiger partial charge in [0, 0.05) is 18.7 Å². The summed E-state index contributed by atoms with van der Waals surface area (Å²) in [4.78, 5) is 26.3. The van der Waals surface area contributed by atoms with E-state index in [0.717, 1.165) is 0 Å². The first-order chi connectivity index (χ1) is 11.8. The van der Waals surface area contributed by atoms with Crippen LogP contribution in [0, 0.1) is 0 Å². The number of fused-ring (bicyclic) bond motifs is 1. The third-order valence-electron chi connectivity index (χ3n) is 3.99. The highest BCUT2D eigenvalue weighted by atomic mass is 16.6. The molecule has 2 aliphatic rings. The van der Waals surface area contributed by atoms with Gasteiger partial charge in [-0.15, -0.1) is 0 Å². The summed E-state index contributed by atoms with van der Waals surface area (Å²) in [5.41, 5.74) is 0.0193. The minimum atomic E-state index is -0.538. The van der Waals surface area contributed by atoms with Crippen molar-refractivity contribution in [1.82, 2.24) is 10.2 Å². The standard InChI is InChI=1S/C18H24N2O5/c1-18(2,3)25-17(22)19-13-6-7-20(11-13)16(21)12-4-5-14-15(10-12)24-9-8-23-14/h4-5,10,13H,6-9,11H2,1-3H3,(H,19,22)/t13-/m1/s1. The number of amides is 2. The summed E-state index contributed by atoms with van der Waals surface area (Å²) >= 11 is 0. The SMILES string of the molecule is CC(C)(C)OC(=O)N[C@@H]1CCN(C(=O)c2ccc3c(c2)OCCO3)C1. The van der Waals surface area contributed by atoms with Crippen LogP contribution in [0.2, 0.25) is 0 Å². The van der Waals surface area contributed by atoms with Crippen molar-refractivity contribution in [3.8, 4) is 11.5 Å². The van der Waals surface area contributed by atoms with Crippen LogP contribution < -0.4 is 14.8 Å². The second-order valence-corrected chi connectivity index (χ2v) is 7.24. The highest BCUT2D eigenvalue weighted by molar-refractivity contribution is 5.95. The molecule has 1 aromatic rings. The molecule has 0 saturated carbocycles. The number of carbonyl (C=O) groups is 2. The Hall–Kier alpha value is -2.44. The van der Waals surface area contributed by atoms with Gasteiger partial charge in [-0.2, -0.15) is 0 Å². The largest absolute Gasteiger partial charge is 0.486 e. The number of carbonyl (C=O) groups excluding carboxylic acids is 2. The summed E-state index contributed by atoms with van der Waals surface area (Å²) < 4.78 is 16.3. The fourth-order valence-corrected chi connectivity index (χ4v) is 2.90. The van der Waals surface area contributed by atoms with Crippen LogP contribution in [0.15, 0.2) is 18.2 Å². The Morgan fingerprint density at radius 3 is 2.64 bits per heavy atom. The van der Waals surface area contributed by atoms with Crippen molar-refractivity contribution in [2.24, 2.45) is 0 Å². The number of likely N-dealkylation sites (tertiary alicyclic amines) is 1. The van der Waals surface area contributed by atoms with Crippen molar-refractivity contribution in [1.29, 1.82) is 0 Å². The van der Waals surface area contributed by atoms with Crippen LogP contribution in [0.4, 0.5) is 4.79 Å². The number of hydrogen-bond acceptors (Lipinski definition) is 5. The van der Waals surface area contributed by atoms with Crippen LogP contribution in [-0.2, 0) is 4.74 Å². The average Bonchev–Trinajstić information content (AvgIpc) is 3.00. The normalized spacial score (nSPS) is 19.5. The maximum atomic E-state index is 12.7. The first-order valence-electron chi connectivity index (χ1n) is 8.50. The van der Waals surface area contributed by atoms with E-state index in [4.69, 9.17) is 14.2 Å². The first-order valence-corrected chi connectivity index (χ1v) is 8.50. The number of rotatable bonds is 2. The minimum absolute atomic E-state index is 0.0783. The third kappa shape index (κ3) is 4.35. The van der Waals surface area contributed by atoms with E-state index in [0.29, 0.717) is 49.8 Å². The smallest absolute Gasteiger partial charge is 0.407 e. The third-order valence-corrected chi connectivity index (χ3v) is 3.99. The summed E-state index contributed by atoms with van der Waals surface area (Å²) in [7, 11) is 0. The van der Waals surface area contributed by atoms with Gasteiger partial charge in [0.2, 0.25) is 0 Å². The zero-order valence-electron chi connectivity index (χ0n) is 14.8. The van der Waals surface area contributed by atoms with Crippen LogP contribution in [0.25, 0.3) is 0 Å². The Kier molecular flexibility index (Phi) is 4.74. The van der Waals surface area contributed by atoms with Crippen molar-refractivity contribution < 1.29 is 23.8 Å². The number of nitrogens with one attached hydrogen (secondary N) is 1. The van der Waals surface area contributed by atoms with Crippen LogP contribution in [0.5, 0.6) is 11.5 Å². The van der Waals surface area contributed by atoms with Crippen LogP contribution in [0.3, 0.4) is 0 Å². The lowest BCUT2D eigenvalue weighted by Gasteiger charge is -2.22. The molecule has 7 nitrogen and oxygen atoms in total. The second kappa shape index (κ2) is 6.82. The number of benzene rings is 1. The molecule has 1 N–H and O–H groups in total. The topological polar surface area (TPSA) is 77.1 Å².